The Morgan fingerprint density at radius 1 is 1.13 bits per heavy atom. The number of hydrogen-bond acceptors (Lipinski definition) is 3. The number of benzene rings is 1. The van der Waals surface area contributed by atoms with E-state index in [-0.39, 0.29) is 10.8 Å². The Kier molecular flexibility index (Phi) is 2.29. The lowest BCUT2D eigenvalue weighted by molar-refractivity contribution is 1.22. The number of aromatic nitrogens is 2. The SMILES string of the molecule is Cc1cc2nc(Cl)c(C#N)nc2cc1C. The first-order valence-electron chi connectivity index (χ1n) is 4.46. The summed E-state index contributed by atoms with van der Waals surface area (Å²) in [4.78, 5) is 8.27. The van der Waals surface area contributed by atoms with Crippen LogP contribution in [0.25, 0.3) is 11.0 Å². The molecule has 1 heterocycles. The molecule has 0 aliphatic carbocycles. The van der Waals surface area contributed by atoms with Gasteiger partial charge in [-0.2, -0.15) is 5.26 Å². The lowest BCUT2D eigenvalue weighted by Gasteiger charge is -2.03. The van der Waals surface area contributed by atoms with Crippen molar-refractivity contribution >= 4 is 22.6 Å². The molecule has 2 rings (SSSR count). The van der Waals surface area contributed by atoms with Crippen LogP contribution in [0.5, 0.6) is 0 Å². The molecule has 0 saturated carbocycles. The van der Waals surface area contributed by atoms with E-state index < -0.39 is 0 Å². The number of rotatable bonds is 0. The third kappa shape index (κ3) is 1.64. The van der Waals surface area contributed by atoms with Crippen molar-refractivity contribution in [2.24, 2.45) is 0 Å². The summed E-state index contributed by atoms with van der Waals surface area (Å²) < 4.78 is 0. The van der Waals surface area contributed by atoms with Crippen molar-refractivity contribution in [2.75, 3.05) is 0 Å². The molecule has 0 amide bonds. The molecule has 4 heteroatoms. The van der Waals surface area contributed by atoms with Crippen molar-refractivity contribution in [3.63, 3.8) is 0 Å². The fourth-order valence-electron chi connectivity index (χ4n) is 1.36. The van der Waals surface area contributed by atoms with Gasteiger partial charge in [-0.25, -0.2) is 9.97 Å². The second-order valence-electron chi connectivity index (χ2n) is 3.40. The second kappa shape index (κ2) is 3.48. The van der Waals surface area contributed by atoms with Gasteiger partial charge in [-0.05, 0) is 37.1 Å². The molecule has 0 spiro atoms. The molecular formula is C11H8ClN3. The number of aryl methyl sites for hydroxylation is 2. The van der Waals surface area contributed by atoms with Crippen LogP contribution in [0, 0.1) is 25.2 Å². The highest BCUT2D eigenvalue weighted by molar-refractivity contribution is 6.30. The first kappa shape index (κ1) is 9.88. The molecule has 0 aliphatic heterocycles. The maximum absolute atomic E-state index is 8.76. The molecule has 1 aromatic carbocycles. The predicted molar refractivity (Wildman–Crippen MR) is 58.7 cm³/mol. The van der Waals surface area contributed by atoms with Gasteiger partial charge in [0, 0.05) is 0 Å². The Morgan fingerprint density at radius 3 is 2.20 bits per heavy atom. The van der Waals surface area contributed by atoms with Crippen LogP contribution >= 0.6 is 11.6 Å². The number of hydrogen-bond donors (Lipinski definition) is 0. The third-order valence-corrected chi connectivity index (χ3v) is 2.61. The van der Waals surface area contributed by atoms with E-state index in [4.69, 9.17) is 16.9 Å². The van der Waals surface area contributed by atoms with Gasteiger partial charge >= 0.3 is 0 Å². The van der Waals surface area contributed by atoms with Gasteiger partial charge in [0.1, 0.15) is 6.07 Å². The molecule has 74 valence electrons. The molecule has 0 aliphatic rings. The molecule has 0 radical (unpaired) electrons. The van der Waals surface area contributed by atoms with E-state index in [0.717, 1.165) is 16.6 Å². The standard InChI is InChI=1S/C11H8ClN3/c1-6-3-8-9(4-7(6)2)15-11(12)10(5-13)14-8/h3-4H,1-2H3. The monoisotopic (exact) mass is 217 g/mol. The average Bonchev–Trinajstić information content (AvgIpc) is 2.20. The molecule has 15 heavy (non-hydrogen) atoms. The van der Waals surface area contributed by atoms with Crippen LogP contribution in [0.3, 0.4) is 0 Å². The van der Waals surface area contributed by atoms with Crippen LogP contribution in [-0.2, 0) is 0 Å². The average molecular weight is 218 g/mol. The van der Waals surface area contributed by atoms with E-state index in [1.807, 2.05) is 32.0 Å². The fraction of sp³-hybridized carbons (Fsp3) is 0.182. The summed E-state index contributed by atoms with van der Waals surface area (Å²) >= 11 is 5.80. The highest BCUT2D eigenvalue weighted by Gasteiger charge is 2.07. The lowest BCUT2D eigenvalue weighted by atomic mass is 10.1. The number of fused-ring (bicyclic) bond motifs is 1. The first-order chi connectivity index (χ1) is 7.11. The summed E-state index contributed by atoms with van der Waals surface area (Å²) in [6.45, 7) is 4.00. The minimum atomic E-state index is 0.160. The van der Waals surface area contributed by atoms with Gasteiger partial charge in [0.2, 0.25) is 0 Å². The van der Waals surface area contributed by atoms with Crippen molar-refractivity contribution in [3.05, 3.63) is 34.1 Å². The van der Waals surface area contributed by atoms with Crippen molar-refractivity contribution in [1.29, 1.82) is 5.26 Å². The summed E-state index contributed by atoms with van der Waals surface area (Å²) in [7, 11) is 0. The van der Waals surface area contributed by atoms with Gasteiger partial charge in [0.05, 0.1) is 11.0 Å². The summed E-state index contributed by atoms with van der Waals surface area (Å²) in [5.74, 6) is 0. The van der Waals surface area contributed by atoms with Gasteiger partial charge in [0.15, 0.2) is 10.8 Å². The molecule has 0 saturated heterocycles. The Bertz CT molecular complexity index is 584. The predicted octanol–water partition coefficient (Wildman–Crippen LogP) is 2.77. The smallest absolute Gasteiger partial charge is 0.178 e. The van der Waals surface area contributed by atoms with Gasteiger partial charge in [-0.1, -0.05) is 11.6 Å². The van der Waals surface area contributed by atoms with E-state index in [1.54, 1.807) is 0 Å². The highest BCUT2D eigenvalue weighted by Crippen LogP contribution is 2.19. The minimum Gasteiger partial charge on any atom is -0.232 e. The molecule has 2 aromatic rings. The summed E-state index contributed by atoms with van der Waals surface area (Å²) in [6, 6.07) is 5.75. The van der Waals surface area contributed by atoms with Gasteiger partial charge in [-0.3, -0.25) is 0 Å². The van der Waals surface area contributed by atoms with Crippen LogP contribution in [0.4, 0.5) is 0 Å². The third-order valence-electron chi connectivity index (χ3n) is 2.34. The topological polar surface area (TPSA) is 49.6 Å². The fourth-order valence-corrected chi connectivity index (χ4v) is 1.54. The molecule has 1 aromatic heterocycles. The Hall–Kier alpha value is -1.66. The van der Waals surface area contributed by atoms with Crippen molar-refractivity contribution in [3.8, 4) is 6.07 Å². The van der Waals surface area contributed by atoms with E-state index in [9.17, 15) is 0 Å². The quantitative estimate of drug-likeness (QED) is 0.682. The van der Waals surface area contributed by atoms with E-state index in [0.29, 0.717) is 5.52 Å². The first-order valence-corrected chi connectivity index (χ1v) is 4.84. The van der Waals surface area contributed by atoms with Gasteiger partial charge in [-0.15, -0.1) is 0 Å². The summed E-state index contributed by atoms with van der Waals surface area (Å²) in [5, 5.41) is 8.93. The Balaban J connectivity index is 2.84. The van der Waals surface area contributed by atoms with Crippen LogP contribution in [-0.4, -0.2) is 9.97 Å². The molecule has 0 atom stereocenters. The second-order valence-corrected chi connectivity index (χ2v) is 3.76. The summed E-state index contributed by atoms with van der Waals surface area (Å²) in [5.41, 5.74) is 3.87. The highest BCUT2D eigenvalue weighted by atomic mass is 35.5. The molecule has 0 bridgehead atoms. The van der Waals surface area contributed by atoms with Crippen molar-refractivity contribution in [2.45, 2.75) is 13.8 Å². The lowest BCUT2D eigenvalue weighted by Crippen LogP contribution is -1.93. The minimum absolute atomic E-state index is 0.160. The molecule has 0 N–H and O–H groups in total. The van der Waals surface area contributed by atoms with Crippen LogP contribution < -0.4 is 0 Å². The normalized spacial score (nSPS) is 10.3. The summed E-state index contributed by atoms with van der Waals surface area (Å²) in [6.07, 6.45) is 0. The van der Waals surface area contributed by atoms with Crippen LogP contribution in [0.15, 0.2) is 12.1 Å². The van der Waals surface area contributed by atoms with Crippen LogP contribution in [0.1, 0.15) is 16.8 Å². The molecule has 0 unspecified atom stereocenters. The largest absolute Gasteiger partial charge is 0.232 e. The number of nitriles is 1. The molecule has 3 nitrogen and oxygen atoms in total. The molecular weight excluding hydrogens is 210 g/mol. The zero-order valence-corrected chi connectivity index (χ0v) is 9.13. The Labute approximate surface area is 92.3 Å². The van der Waals surface area contributed by atoms with Gasteiger partial charge < -0.3 is 0 Å². The number of nitrogens with zero attached hydrogens (tertiary/aromatic N) is 3. The molecule has 0 fully saturated rings. The maximum Gasteiger partial charge on any atom is 0.178 e. The van der Waals surface area contributed by atoms with E-state index >= 15 is 0 Å². The van der Waals surface area contributed by atoms with Crippen molar-refractivity contribution in [1.82, 2.24) is 9.97 Å². The van der Waals surface area contributed by atoms with Crippen molar-refractivity contribution < 1.29 is 0 Å². The van der Waals surface area contributed by atoms with Gasteiger partial charge in [0.25, 0.3) is 0 Å². The van der Waals surface area contributed by atoms with E-state index in [1.165, 1.54) is 0 Å². The van der Waals surface area contributed by atoms with E-state index in [2.05, 4.69) is 9.97 Å². The zero-order chi connectivity index (χ0) is 11.0. The zero-order valence-electron chi connectivity index (χ0n) is 8.37. The van der Waals surface area contributed by atoms with Crippen LogP contribution in [0.2, 0.25) is 5.15 Å². The number of halogens is 1. The maximum atomic E-state index is 8.76. The Morgan fingerprint density at radius 2 is 1.67 bits per heavy atom.